The van der Waals surface area contributed by atoms with E-state index in [1.54, 1.807) is 29.6 Å². The van der Waals surface area contributed by atoms with Gasteiger partial charge in [0.05, 0.1) is 15.4 Å². The van der Waals surface area contributed by atoms with Gasteiger partial charge in [0.2, 0.25) is 5.78 Å². The largest absolute Gasteiger partial charge is 0.457 e. The number of carbonyl (C=O) groups excluding carboxylic acids is 2. The van der Waals surface area contributed by atoms with Gasteiger partial charge < -0.3 is 9.47 Å². The number of benzene rings is 2. The zero-order valence-corrected chi connectivity index (χ0v) is 14.7. The number of hydrogen-bond acceptors (Lipinski definition) is 7. The second-order valence-corrected chi connectivity index (χ2v) is 6.30. The van der Waals surface area contributed by atoms with Crippen LogP contribution in [0.15, 0.2) is 66.0 Å². The number of thiophene rings is 1. The molecule has 8 heteroatoms. The molecule has 0 saturated carbocycles. The van der Waals surface area contributed by atoms with Crippen LogP contribution >= 0.6 is 11.3 Å². The van der Waals surface area contributed by atoms with Crippen LogP contribution in [-0.4, -0.2) is 23.3 Å². The second kappa shape index (κ2) is 8.24. The third kappa shape index (κ3) is 4.77. The van der Waals surface area contributed by atoms with Gasteiger partial charge in [-0.25, -0.2) is 4.79 Å². The predicted octanol–water partition coefficient (Wildman–Crippen LogP) is 4.49. The Bertz CT molecular complexity index is 949. The van der Waals surface area contributed by atoms with E-state index >= 15 is 0 Å². The molecule has 7 nitrogen and oxygen atoms in total. The lowest BCUT2D eigenvalue weighted by Gasteiger charge is -2.07. The van der Waals surface area contributed by atoms with Crippen molar-refractivity contribution in [1.29, 1.82) is 0 Å². The van der Waals surface area contributed by atoms with Crippen molar-refractivity contribution < 1.29 is 24.0 Å². The number of nitro benzene ring substituents is 1. The molecular weight excluding hydrogens is 370 g/mol. The van der Waals surface area contributed by atoms with E-state index in [1.807, 2.05) is 0 Å². The minimum atomic E-state index is -0.609. The number of carbonyl (C=O) groups is 2. The molecule has 0 aliphatic rings. The smallest absolute Gasteiger partial charge is 0.338 e. The zero-order chi connectivity index (χ0) is 19.2. The van der Waals surface area contributed by atoms with Gasteiger partial charge in [0, 0.05) is 12.1 Å². The van der Waals surface area contributed by atoms with Crippen LogP contribution in [0.1, 0.15) is 20.0 Å². The highest BCUT2D eigenvalue weighted by Gasteiger charge is 2.13. The molecule has 0 radical (unpaired) electrons. The van der Waals surface area contributed by atoms with E-state index < -0.39 is 10.9 Å². The van der Waals surface area contributed by atoms with E-state index in [1.165, 1.54) is 47.7 Å². The minimum absolute atomic E-state index is 0.0301. The van der Waals surface area contributed by atoms with Crippen molar-refractivity contribution in [3.63, 3.8) is 0 Å². The first-order valence-corrected chi connectivity index (χ1v) is 8.67. The monoisotopic (exact) mass is 383 g/mol. The summed E-state index contributed by atoms with van der Waals surface area (Å²) < 4.78 is 10.6. The van der Waals surface area contributed by atoms with Crippen LogP contribution in [0.25, 0.3) is 0 Å². The number of hydrogen-bond donors (Lipinski definition) is 0. The Morgan fingerprint density at radius 2 is 1.59 bits per heavy atom. The van der Waals surface area contributed by atoms with Crippen molar-refractivity contribution in [2.45, 2.75) is 0 Å². The first kappa shape index (κ1) is 18.3. The zero-order valence-electron chi connectivity index (χ0n) is 13.9. The van der Waals surface area contributed by atoms with Crippen LogP contribution in [0.4, 0.5) is 5.69 Å². The maximum atomic E-state index is 12.0. The molecule has 0 aliphatic carbocycles. The van der Waals surface area contributed by atoms with Gasteiger partial charge in [0.25, 0.3) is 5.69 Å². The molecule has 0 spiro atoms. The maximum absolute atomic E-state index is 12.0. The van der Waals surface area contributed by atoms with E-state index in [2.05, 4.69) is 0 Å². The lowest BCUT2D eigenvalue weighted by Crippen LogP contribution is -2.13. The van der Waals surface area contributed by atoms with Gasteiger partial charge in [-0.15, -0.1) is 11.3 Å². The van der Waals surface area contributed by atoms with Crippen molar-refractivity contribution in [2.75, 3.05) is 6.61 Å². The minimum Gasteiger partial charge on any atom is -0.457 e. The van der Waals surface area contributed by atoms with Gasteiger partial charge in [-0.3, -0.25) is 14.9 Å². The van der Waals surface area contributed by atoms with Crippen LogP contribution in [-0.2, 0) is 4.74 Å². The Labute approximate surface area is 157 Å². The summed E-state index contributed by atoms with van der Waals surface area (Å²) in [4.78, 5) is 34.5. The Morgan fingerprint density at radius 1 is 0.963 bits per heavy atom. The van der Waals surface area contributed by atoms with E-state index in [9.17, 15) is 19.7 Å². The molecule has 1 aromatic heterocycles. The Kier molecular flexibility index (Phi) is 5.58. The lowest BCUT2D eigenvalue weighted by molar-refractivity contribution is -0.384. The maximum Gasteiger partial charge on any atom is 0.338 e. The number of ketones is 1. The summed E-state index contributed by atoms with van der Waals surface area (Å²) in [5.41, 5.74) is 0.252. The van der Waals surface area contributed by atoms with E-state index in [0.29, 0.717) is 16.4 Å². The van der Waals surface area contributed by atoms with Crippen LogP contribution in [0.2, 0.25) is 0 Å². The summed E-state index contributed by atoms with van der Waals surface area (Å²) in [6.45, 7) is -0.319. The molecule has 0 amide bonds. The molecule has 0 bridgehead atoms. The van der Waals surface area contributed by atoms with Gasteiger partial charge in [-0.2, -0.15) is 0 Å². The number of esters is 1. The van der Waals surface area contributed by atoms with E-state index in [4.69, 9.17) is 9.47 Å². The van der Waals surface area contributed by atoms with Gasteiger partial charge in [-0.05, 0) is 47.8 Å². The summed E-state index contributed by atoms with van der Waals surface area (Å²) in [5, 5.41) is 12.4. The summed E-state index contributed by atoms with van der Waals surface area (Å²) in [6, 6.07) is 15.2. The van der Waals surface area contributed by atoms with Crippen LogP contribution in [0, 0.1) is 10.1 Å². The topological polar surface area (TPSA) is 95.7 Å². The lowest BCUT2D eigenvalue weighted by atomic mass is 10.2. The first-order chi connectivity index (χ1) is 13.0. The molecule has 0 aliphatic heterocycles. The predicted molar refractivity (Wildman–Crippen MR) is 98.5 cm³/mol. The van der Waals surface area contributed by atoms with Gasteiger partial charge in [0.1, 0.15) is 11.5 Å². The third-order valence-electron chi connectivity index (χ3n) is 3.50. The average molecular weight is 383 g/mol. The number of non-ortho nitro benzene ring substituents is 1. The molecule has 3 aromatic rings. The summed E-state index contributed by atoms with van der Waals surface area (Å²) in [6.07, 6.45) is 0. The normalized spacial score (nSPS) is 10.2. The van der Waals surface area contributed by atoms with Gasteiger partial charge >= 0.3 is 5.97 Å². The molecule has 0 fully saturated rings. The molecular formula is C19H13NO6S. The summed E-state index contributed by atoms with van der Waals surface area (Å²) in [7, 11) is 0. The van der Waals surface area contributed by atoms with Crippen molar-refractivity contribution in [3.8, 4) is 11.5 Å². The number of rotatable bonds is 7. The van der Waals surface area contributed by atoms with Gasteiger partial charge in [-0.1, -0.05) is 6.07 Å². The third-order valence-corrected chi connectivity index (χ3v) is 4.41. The number of nitro groups is 1. The second-order valence-electron chi connectivity index (χ2n) is 5.35. The molecule has 0 unspecified atom stereocenters. The highest BCUT2D eigenvalue weighted by molar-refractivity contribution is 7.12. The molecule has 136 valence electrons. The average Bonchev–Trinajstić information content (AvgIpc) is 3.22. The molecule has 0 atom stereocenters. The SMILES string of the molecule is O=C(OCC(=O)c1cccs1)c1ccc(Oc2ccc([N+](=O)[O-])cc2)cc1. The summed E-state index contributed by atoms with van der Waals surface area (Å²) >= 11 is 1.29. The van der Waals surface area contributed by atoms with Crippen molar-refractivity contribution >= 4 is 28.8 Å². The number of nitrogens with zero attached hydrogens (tertiary/aromatic N) is 1. The Hall–Kier alpha value is -3.52. The molecule has 0 N–H and O–H groups in total. The molecule has 2 aromatic carbocycles. The molecule has 3 rings (SSSR count). The Balaban J connectivity index is 1.57. The molecule has 0 saturated heterocycles. The summed E-state index contributed by atoms with van der Waals surface area (Å²) in [5.74, 6) is 0.0193. The number of ether oxygens (including phenoxy) is 2. The highest BCUT2D eigenvalue weighted by Crippen LogP contribution is 2.24. The fourth-order valence-electron chi connectivity index (χ4n) is 2.15. The standard InChI is InChI=1S/C19H13NO6S/c21-17(18-2-1-11-27-18)12-25-19(22)13-3-7-15(8-4-13)26-16-9-5-14(6-10-16)20(23)24/h1-11H,12H2. The van der Waals surface area contributed by atoms with Crippen molar-refractivity contribution in [1.82, 2.24) is 0 Å². The van der Waals surface area contributed by atoms with Crippen molar-refractivity contribution in [3.05, 3.63) is 86.6 Å². The number of Topliss-reactive ketones (excluding diaryl/α,β-unsaturated/α-hetero) is 1. The fourth-order valence-corrected chi connectivity index (χ4v) is 2.81. The quantitative estimate of drug-likeness (QED) is 0.258. The van der Waals surface area contributed by atoms with Crippen LogP contribution in [0.3, 0.4) is 0 Å². The van der Waals surface area contributed by atoms with E-state index in [0.717, 1.165) is 0 Å². The van der Waals surface area contributed by atoms with Crippen LogP contribution < -0.4 is 4.74 Å². The first-order valence-electron chi connectivity index (χ1n) is 7.79. The highest BCUT2D eigenvalue weighted by atomic mass is 32.1. The molecule has 1 heterocycles. The van der Waals surface area contributed by atoms with Gasteiger partial charge in [0.15, 0.2) is 6.61 Å². The van der Waals surface area contributed by atoms with Crippen molar-refractivity contribution in [2.24, 2.45) is 0 Å². The molecule has 27 heavy (non-hydrogen) atoms. The van der Waals surface area contributed by atoms with E-state index in [-0.39, 0.29) is 23.6 Å². The van der Waals surface area contributed by atoms with Crippen LogP contribution in [0.5, 0.6) is 11.5 Å². The fraction of sp³-hybridized carbons (Fsp3) is 0.0526. The Morgan fingerprint density at radius 3 is 2.15 bits per heavy atom.